The SMILES string of the molecule is O=C(CN1CCNCC1=O)Nc1ccc2c(c1F)CCNC2. The van der Waals surface area contributed by atoms with Crippen LogP contribution >= 0.6 is 0 Å². The molecule has 2 heterocycles. The molecule has 0 atom stereocenters. The third kappa shape index (κ3) is 3.10. The van der Waals surface area contributed by atoms with Crippen molar-refractivity contribution in [2.75, 3.05) is 38.0 Å². The molecule has 7 heteroatoms. The minimum Gasteiger partial charge on any atom is -0.331 e. The van der Waals surface area contributed by atoms with Gasteiger partial charge in [-0.1, -0.05) is 6.07 Å². The molecule has 1 aromatic carbocycles. The quantitative estimate of drug-likeness (QED) is 0.726. The second-order valence-electron chi connectivity index (χ2n) is 5.53. The van der Waals surface area contributed by atoms with Crippen molar-refractivity contribution in [1.82, 2.24) is 15.5 Å². The number of fused-ring (bicyclic) bond motifs is 1. The van der Waals surface area contributed by atoms with Crippen LogP contribution in [-0.2, 0) is 22.6 Å². The highest BCUT2D eigenvalue weighted by Crippen LogP contribution is 2.24. The van der Waals surface area contributed by atoms with Crippen LogP contribution in [0.15, 0.2) is 12.1 Å². The fourth-order valence-electron chi connectivity index (χ4n) is 2.81. The zero-order chi connectivity index (χ0) is 15.5. The van der Waals surface area contributed by atoms with Gasteiger partial charge in [-0.2, -0.15) is 0 Å². The second kappa shape index (κ2) is 6.41. The monoisotopic (exact) mass is 306 g/mol. The number of piperazine rings is 1. The molecule has 0 saturated carbocycles. The second-order valence-corrected chi connectivity index (χ2v) is 5.53. The summed E-state index contributed by atoms with van der Waals surface area (Å²) in [6.45, 7) is 2.74. The first-order valence-electron chi connectivity index (χ1n) is 7.44. The minimum atomic E-state index is -0.372. The first-order valence-corrected chi connectivity index (χ1v) is 7.44. The average molecular weight is 306 g/mol. The first-order chi connectivity index (χ1) is 10.6. The van der Waals surface area contributed by atoms with E-state index >= 15 is 0 Å². The van der Waals surface area contributed by atoms with Crippen molar-refractivity contribution in [3.8, 4) is 0 Å². The molecule has 0 spiro atoms. The Morgan fingerprint density at radius 3 is 2.91 bits per heavy atom. The van der Waals surface area contributed by atoms with E-state index in [1.165, 1.54) is 4.90 Å². The molecule has 0 aromatic heterocycles. The van der Waals surface area contributed by atoms with Crippen molar-refractivity contribution < 1.29 is 14.0 Å². The van der Waals surface area contributed by atoms with Crippen molar-refractivity contribution in [1.29, 1.82) is 0 Å². The number of nitrogens with one attached hydrogen (secondary N) is 3. The van der Waals surface area contributed by atoms with E-state index in [4.69, 9.17) is 0 Å². The highest BCUT2D eigenvalue weighted by molar-refractivity contribution is 5.95. The fraction of sp³-hybridized carbons (Fsp3) is 0.467. The molecule has 0 bridgehead atoms. The van der Waals surface area contributed by atoms with Crippen LogP contribution in [-0.4, -0.2) is 49.4 Å². The predicted octanol–water partition coefficient (Wildman–Crippen LogP) is -0.158. The molecule has 1 fully saturated rings. The van der Waals surface area contributed by atoms with Crippen LogP contribution in [0.4, 0.5) is 10.1 Å². The van der Waals surface area contributed by atoms with Crippen LogP contribution < -0.4 is 16.0 Å². The molecule has 0 unspecified atom stereocenters. The van der Waals surface area contributed by atoms with E-state index in [2.05, 4.69) is 16.0 Å². The van der Waals surface area contributed by atoms with Crippen LogP contribution in [0.5, 0.6) is 0 Å². The third-order valence-corrected chi connectivity index (χ3v) is 4.00. The summed E-state index contributed by atoms with van der Waals surface area (Å²) >= 11 is 0. The minimum absolute atomic E-state index is 0.0431. The molecular weight excluding hydrogens is 287 g/mol. The molecule has 6 nitrogen and oxygen atoms in total. The third-order valence-electron chi connectivity index (χ3n) is 4.00. The Hall–Kier alpha value is -1.99. The van der Waals surface area contributed by atoms with Crippen LogP contribution in [0.1, 0.15) is 11.1 Å². The summed E-state index contributed by atoms with van der Waals surface area (Å²) in [5.74, 6) is -0.847. The molecule has 2 aliphatic heterocycles. The Morgan fingerprint density at radius 1 is 1.27 bits per heavy atom. The van der Waals surface area contributed by atoms with Gasteiger partial charge in [-0.3, -0.25) is 9.59 Å². The average Bonchev–Trinajstić information content (AvgIpc) is 2.53. The van der Waals surface area contributed by atoms with Gasteiger partial charge in [0.25, 0.3) is 0 Å². The summed E-state index contributed by atoms with van der Waals surface area (Å²) in [5, 5.41) is 8.70. The lowest BCUT2D eigenvalue weighted by atomic mass is 9.99. The van der Waals surface area contributed by atoms with Gasteiger partial charge in [-0.15, -0.1) is 0 Å². The summed E-state index contributed by atoms with van der Waals surface area (Å²) in [6, 6.07) is 3.41. The number of nitrogens with zero attached hydrogens (tertiary/aromatic N) is 1. The maximum Gasteiger partial charge on any atom is 0.244 e. The van der Waals surface area contributed by atoms with Crippen molar-refractivity contribution in [3.05, 3.63) is 29.1 Å². The van der Waals surface area contributed by atoms with E-state index in [9.17, 15) is 14.0 Å². The van der Waals surface area contributed by atoms with Crippen molar-refractivity contribution >= 4 is 17.5 Å². The molecular formula is C15H19FN4O2. The summed E-state index contributed by atoms with van der Waals surface area (Å²) in [7, 11) is 0. The summed E-state index contributed by atoms with van der Waals surface area (Å²) in [6.07, 6.45) is 0.612. The highest BCUT2D eigenvalue weighted by Gasteiger charge is 2.22. The standard InChI is InChI=1S/C15H19FN4O2/c16-15-11-3-4-17-7-10(11)1-2-12(15)19-13(21)9-20-6-5-18-8-14(20)22/h1-2,17-18H,3-9H2,(H,19,21). The molecule has 0 aliphatic carbocycles. The molecule has 2 aliphatic rings. The lowest BCUT2D eigenvalue weighted by Crippen LogP contribution is -2.50. The van der Waals surface area contributed by atoms with Crippen molar-refractivity contribution in [2.45, 2.75) is 13.0 Å². The number of carbonyl (C=O) groups is 2. The molecule has 1 aromatic rings. The lowest BCUT2D eigenvalue weighted by molar-refractivity contribution is -0.135. The molecule has 118 valence electrons. The van der Waals surface area contributed by atoms with Crippen LogP contribution in [0.2, 0.25) is 0 Å². The van der Waals surface area contributed by atoms with Crippen LogP contribution in [0.25, 0.3) is 0 Å². The van der Waals surface area contributed by atoms with Gasteiger partial charge in [0.15, 0.2) is 0 Å². The summed E-state index contributed by atoms with van der Waals surface area (Å²) in [5.41, 5.74) is 1.78. The predicted molar refractivity (Wildman–Crippen MR) is 79.9 cm³/mol. The van der Waals surface area contributed by atoms with Crippen molar-refractivity contribution in [2.24, 2.45) is 0 Å². The number of hydrogen-bond acceptors (Lipinski definition) is 4. The Morgan fingerprint density at radius 2 is 2.09 bits per heavy atom. The van der Waals surface area contributed by atoms with Gasteiger partial charge in [0, 0.05) is 19.6 Å². The first kappa shape index (κ1) is 14.9. The smallest absolute Gasteiger partial charge is 0.244 e. The zero-order valence-corrected chi connectivity index (χ0v) is 12.2. The number of anilines is 1. The van der Waals surface area contributed by atoms with Gasteiger partial charge < -0.3 is 20.9 Å². The molecule has 0 radical (unpaired) electrons. The van der Waals surface area contributed by atoms with E-state index in [0.29, 0.717) is 31.6 Å². The molecule has 1 saturated heterocycles. The lowest BCUT2D eigenvalue weighted by Gasteiger charge is -2.26. The normalized spacial score (nSPS) is 18.0. The number of carbonyl (C=O) groups excluding carboxylic acids is 2. The van der Waals surface area contributed by atoms with E-state index in [-0.39, 0.29) is 36.4 Å². The number of amides is 2. The van der Waals surface area contributed by atoms with Gasteiger partial charge in [0.2, 0.25) is 11.8 Å². The largest absolute Gasteiger partial charge is 0.331 e. The Labute approximate surface area is 128 Å². The Bertz CT molecular complexity index is 605. The number of benzene rings is 1. The van der Waals surface area contributed by atoms with Crippen molar-refractivity contribution in [3.63, 3.8) is 0 Å². The number of hydrogen-bond donors (Lipinski definition) is 3. The number of rotatable bonds is 3. The molecule has 3 N–H and O–H groups in total. The Balaban J connectivity index is 1.67. The fourth-order valence-corrected chi connectivity index (χ4v) is 2.81. The molecule has 22 heavy (non-hydrogen) atoms. The van der Waals surface area contributed by atoms with Gasteiger partial charge >= 0.3 is 0 Å². The number of halogens is 1. The van der Waals surface area contributed by atoms with Gasteiger partial charge in [-0.25, -0.2) is 4.39 Å². The maximum absolute atomic E-state index is 14.4. The van der Waals surface area contributed by atoms with Gasteiger partial charge in [-0.05, 0) is 30.2 Å². The highest BCUT2D eigenvalue weighted by atomic mass is 19.1. The topological polar surface area (TPSA) is 73.5 Å². The van der Waals surface area contributed by atoms with Crippen LogP contribution in [0, 0.1) is 5.82 Å². The van der Waals surface area contributed by atoms with E-state index in [0.717, 1.165) is 12.1 Å². The maximum atomic E-state index is 14.4. The van der Waals surface area contributed by atoms with Crippen LogP contribution in [0.3, 0.4) is 0 Å². The van der Waals surface area contributed by atoms with Gasteiger partial charge in [0.05, 0.1) is 18.8 Å². The summed E-state index contributed by atoms with van der Waals surface area (Å²) < 4.78 is 14.4. The van der Waals surface area contributed by atoms with E-state index in [1.54, 1.807) is 6.07 Å². The summed E-state index contributed by atoms with van der Waals surface area (Å²) in [4.78, 5) is 25.2. The zero-order valence-electron chi connectivity index (χ0n) is 12.2. The van der Waals surface area contributed by atoms with E-state index in [1.807, 2.05) is 6.07 Å². The van der Waals surface area contributed by atoms with E-state index < -0.39 is 0 Å². The molecule has 2 amide bonds. The molecule has 3 rings (SSSR count). The van der Waals surface area contributed by atoms with Gasteiger partial charge in [0.1, 0.15) is 5.82 Å². The Kier molecular flexibility index (Phi) is 4.35.